The van der Waals surface area contributed by atoms with E-state index >= 15 is 0 Å². The van der Waals surface area contributed by atoms with Gasteiger partial charge >= 0.3 is 0 Å². The van der Waals surface area contributed by atoms with Crippen LogP contribution in [-0.2, 0) is 14.9 Å². The second-order valence-electron chi connectivity index (χ2n) is 7.29. The normalized spacial score (nSPS) is 25.7. The third kappa shape index (κ3) is 3.36. The number of likely N-dealkylation sites (N-methyl/N-ethyl adjacent to an activating group) is 1. The number of carbonyl (C=O) groups is 1. The van der Waals surface area contributed by atoms with Gasteiger partial charge in [0.1, 0.15) is 5.41 Å². The Morgan fingerprint density at radius 1 is 1.04 bits per heavy atom. The highest BCUT2D eigenvalue weighted by atomic mass is 16.5. The van der Waals surface area contributed by atoms with Gasteiger partial charge in [-0.25, -0.2) is 0 Å². The number of hydrogen-bond donors (Lipinski definition) is 0. The minimum atomic E-state index is -2.32. The molecule has 1 amide bonds. The average Bonchev–Trinajstić information content (AvgIpc) is 3.14. The van der Waals surface area contributed by atoms with E-state index in [0.29, 0.717) is 44.0 Å². The Kier molecular flexibility index (Phi) is 4.46. The molecule has 0 bridgehead atoms. The minimum absolute atomic E-state index is 0.149. The topological polar surface area (TPSA) is 32.8 Å². The molecule has 2 saturated heterocycles. The summed E-state index contributed by atoms with van der Waals surface area (Å²) >= 11 is 0. The van der Waals surface area contributed by atoms with Gasteiger partial charge in [0.05, 0.1) is 13.2 Å². The third-order valence-corrected chi connectivity index (χ3v) is 5.80. The molecule has 0 aliphatic carbocycles. The summed E-state index contributed by atoms with van der Waals surface area (Å²) in [6.07, 6.45) is -2.32. The van der Waals surface area contributed by atoms with Crippen LogP contribution in [-0.4, -0.2) is 61.6 Å². The standard InChI is InChI=1S/C24H30N2O2/c1-2-26-19-22(13-14-25-15-17-28-18-16-25)24(23(26)27,20-9-5-3-6-10-20)21-11-7-4-8-12-21/h3-12,22H,2,13-19H2,1H3/i13D2,14D2. The summed E-state index contributed by atoms with van der Waals surface area (Å²) in [5, 5.41) is 0. The van der Waals surface area contributed by atoms with Crippen molar-refractivity contribution in [3.63, 3.8) is 0 Å². The first-order chi connectivity index (χ1) is 15.3. The van der Waals surface area contributed by atoms with Gasteiger partial charge in [0.25, 0.3) is 0 Å². The molecule has 148 valence electrons. The summed E-state index contributed by atoms with van der Waals surface area (Å²) in [6.45, 7) is 1.55. The van der Waals surface area contributed by atoms with Crippen molar-refractivity contribution in [2.75, 3.05) is 45.9 Å². The number of morpholine rings is 1. The monoisotopic (exact) mass is 382 g/mol. The van der Waals surface area contributed by atoms with E-state index < -0.39 is 24.2 Å². The first kappa shape index (κ1) is 14.8. The zero-order valence-electron chi connectivity index (χ0n) is 20.3. The highest BCUT2D eigenvalue weighted by Gasteiger charge is 2.55. The summed E-state index contributed by atoms with van der Waals surface area (Å²) < 4.78 is 41.6. The number of nitrogens with zero attached hydrogens (tertiary/aromatic N) is 2. The molecule has 4 nitrogen and oxygen atoms in total. The summed E-state index contributed by atoms with van der Waals surface area (Å²) in [4.78, 5) is 17.2. The lowest BCUT2D eigenvalue weighted by Crippen LogP contribution is -2.43. The van der Waals surface area contributed by atoms with Crippen molar-refractivity contribution >= 4 is 5.91 Å². The zero-order chi connectivity index (χ0) is 23.0. The van der Waals surface area contributed by atoms with E-state index in [9.17, 15) is 7.54 Å². The molecule has 28 heavy (non-hydrogen) atoms. The summed E-state index contributed by atoms with van der Waals surface area (Å²) in [7, 11) is 0. The lowest BCUT2D eigenvalue weighted by Gasteiger charge is -2.36. The Balaban J connectivity index is 1.93. The lowest BCUT2D eigenvalue weighted by molar-refractivity contribution is -0.131. The lowest BCUT2D eigenvalue weighted by atomic mass is 9.66. The number of likely N-dealkylation sites (tertiary alicyclic amines) is 1. The van der Waals surface area contributed by atoms with Crippen molar-refractivity contribution in [2.45, 2.75) is 18.7 Å². The third-order valence-electron chi connectivity index (χ3n) is 5.80. The van der Waals surface area contributed by atoms with Gasteiger partial charge < -0.3 is 9.64 Å². The van der Waals surface area contributed by atoms with Gasteiger partial charge in [-0.15, -0.1) is 0 Å². The quantitative estimate of drug-likeness (QED) is 0.769. The molecule has 2 aromatic rings. The van der Waals surface area contributed by atoms with Crippen LogP contribution in [0.5, 0.6) is 0 Å². The van der Waals surface area contributed by atoms with Gasteiger partial charge in [0.2, 0.25) is 5.91 Å². The molecule has 1 unspecified atom stereocenters. The van der Waals surface area contributed by atoms with E-state index in [0.717, 1.165) is 0 Å². The molecule has 0 N–H and O–H groups in total. The van der Waals surface area contributed by atoms with Crippen LogP contribution in [0.15, 0.2) is 60.7 Å². The predicted molar refractivity (Wildman–Crippen MR) is 111 cm³/mol. The average molecular weight is 383 g/mol. The van der Waals surface area contributed by atoms with E-state index in [2.05, 4.69) is 0 Å². The maximum Gasteiger partial charge on any atom is 0.238 e. The first-order valence-electron chi connectivity index (χ1n) is 12.0. The fourth-order valence-corrected chi connectivity index (χ4v) is 4.33. The van der Waals surface area contributed by atoms with Crippen LogP contribution < -0.4 is 0 Å². The van der Waals surface area contributed by atoms with Crippen LogP contribution in [0.3, 0.4) is 0 Å². The molecule has 0 aromatic heterocycles. The molecule has 0 spiro atoms. The highest BCUT2D eigenvalue weighted by molar-refractivity contribution is 5.94. The molecule has 2 aliphatic rings. The second-order valence-corrected chi connectivity index (χ2v) is 7.29. The van der Waals surface area contributed by atoms with Crippen molar-refractivity contribution in [3.8, 4) is 0 Å². The maximum absolute atomic E-state index is 14.0. The molecule has 0 saturated carbocycles. The SMILES string of the molecule is [2H]C([2H])(C1CN(CC)C(=O)C1(c1ccccc1)c1ccccc1)C([2H])([2H])N1CCOCC1. The van der Waals surface area contributed by atoms with Crippen LogP contribution in [0, 0.1) is 5.92 Å². The van der Waals surface area contributed by atoms with Gasteiger partial charge in [-0.2, -0.15) is 0 Å². The van der Waals surface area contributed by atoms with Crippen LogP contribution in [0.2, 0.25) is 0 Å². The van der Waals surface area contributed by atoms with Gasteiger partial charge in [0, 0.05) is 37.6 Å². The molecule has 2 fully saturated rings. The molecule has 1 atom stereocenters. The molecule has 2 heterocycles. The Hall–Kier alpha value is -2.17. The molecule has 0 radical (unpaired) electrons. The number of benzene rings is 2. The minimum Gasteiger partial charge on any atom is -0.379 e. The fourth-order valence-electron chi connectivity index (χ4n) is 4.33. The molecule has 4 rings (SSSR count). The summed E-state index contributed by atoms with van der Waals surface area (Å²) in [6, 6.07) is 18.6. The zero-order valence-corrected chi connectivity index (χ0v) is 16.3. The van der Waals surface area contributed by atoms with Crippen molar-refractivity contribution < 1.29 is 15.0 Å². The van der Waals surface area contributed by atoms with Gasteiger partial charge in [0.15, 0.2) is 0 Å². The second kappa shape index (κ2) is 8.46. The van der Waals surface area contributed by atoms with Gasteiger partial charge in [-0.05, 0) is 30.9 Å². The molecule has 4 heteroatoms. The maximum atomic E-state index is 14.0. The van der Waals surface area contributed by atoms with Crippen molar-refractivity contribution in [1.82, 2.24) is 9.80 Å². The molecular formula is C24H30N2O2. The molecule has 2 aromatic carbocycles. The number of amides is 1. The number of carbonyl (C=O) groups excluding carboxylic acids is 1. The Morgan fingerprint density at radius 3 is 2.14 bits per heavy atom. The summed E-state index contributed by atoms with van der Waals surface area (Å²) in [5.74, 6) is -1.10. The predicted octanol–water partition coefficient (Wildman–Crippen LogP) is 3.17. The molecular weight excluding hydrogens is 348 g/mol. The van der Waals surface area contributed by atoms with Crippen molar-refractivity contribution in [3.05, 3.63) is 71.8 Å². The van der Waals surface area contributed by atoms with Gasteiger partial charge in [-0.3, -0.25) is 9.69 Å². The van der Waals surface area contributed by atoms with E-state index in [-0.39, 0.29) is 12.5 Å². The number of ether oxygens (including phenoxy) is 1. The van der Waals surface area contributed by atoms with Crippen LogP contribution >= 0.6 is 0 Å². The largest absolute Gasteiger partial charge is 0.379 e. The Morgan fingerprint density at radius 2 is 1.61 bits per heavy atom. The van der Waals surface area contributed by atoms with E-state index in [4.69, 9.17) is 7.48 Å². The fraction of sp³-hybridized carbons (Fsp3) is 0.458. The number of hydrogen-bond acceptors (Lipinski definition) is 3. The highest BCUT2D eigenvalue weighted by Crippen LogP contribution is 2.47. The summed E-state index contributed by atoms with van der Waals surface area (Å²) in [5.41, 5.74) is 0.0689. The van der Waals surface area contributed by atoms with Crippen LogP contribution in [0.1, 0.15) is 29.9 Å². The number of rotatable bonds is 6. The van der Waals surface area contributed by atoms with Crippen LogP contribution in [0.25, 0.3) is 0 Å². The Bertz CT molecular complexity index is 894. The smallest absolute Gasteiger partial charge is 0.238 e. The molecule has 2 aliphatic heterocycles. The van der Waals surface area contributed by atoms with Gasteiger partial charge in [-0.1, -0.05) is 60.7 Å². The first-order valence-corrected chi connectivity index (χ1v) is 10.0. The Labute approximate surface area is 173 Å². The van der Waals surface area contributed by atoms with E-state index in [1.165, 1.54) is 4.90 Å². The van der Waals surface area contributed by atoms with E-state index in [1.54, 1.807) is 4.90 Å². The van der Waals surface area contributed by atoms with Crippen LogP contribution in [0.4, 0.5) is 0 Å². The van der Waals surface area contributed by atoms with Crippen molar-refractivity contribution in [2.24, 2.45) is 5.92 Å². The van der Waals surface area contributed by atoms with Crippen molar-refractivity contribution in [1.29, 1.82) is 0 Å². The van der Waals surface area contributed by atoms with E-state index in [1.807, 2.05) is 67.6 Å².